The minimum Gasteiger partial charge on any atom is -0.342 e. The molecular formula is C18H27Cl3N4O2. The topological polar surface area (TPSA) is 88.3 Å². The third-order valence-corrected chi connectivity index (χ3v) is 5.37. The molecule has 1 aromatic heterocycles. The predicted octanol–water partition coefficient (Wildman–Crippen LogP) is 3.27. The molecule has 0 aromatic carbocycles. The lowest BCUT2D eigenvalue weighted by molar-refractivity contribution is -0.139. The van der Waals surface area contributed by atoms with Crippen LogP contribution in [0.5, 0.6) is 0 Å². The molecule has 3 unspecified atom stereocenters. The van der Waals surface area contributed by atoms with E-state index in [0.717, 1.165) is 45.1 Å². The van der Waals surface area contributed by atoms with E-state index in [-0.39, 0.29) is 54.5 Å². The Labute approximate surface area is 177 Å². The van der Waals surface area contributed by atoms with Crippen LogP contribution in [0, 0.1) is 11.8 Å². The number of nitrogens with two attached hydrogens (primary N) is 1. The summed E-state index contributed by atoms with van der Waals surface area (Å²) < 4.78 is 0. The lowest BCUT2D eigenvalue weighted by Gasteiger charge is -2.36. The first-order chi connectivity index (χ1) is 12.0. The number of rotatable bonds is 3. The molecule has 1 saturated heterocycles. The van der Waals surface area contributed by atoms with E-state index in [2.05, 4.69) is 10.3 Å². The largest absolute Gasteiger partial charge is 0.342 e. The van der Waals surface area contributed by atoms with Gasteiger partial charge in [0, 0.05) is 31.2 Å². The fourth-order valence-electron chi connectivity index (χ4n) is 3.78. The van der Waals surface area contributed by atoms with Crippen LogP contribution >= 0.6 is 36.4 Å². The standard InChI is InChI=1S/C18H25ClN4O2.2ClH/c19-14-6-7-16(21-10-14)22-17(24)13-4-2-8-23(11-13)18(25)12-3-1-5-15(20)9-12;;/h6-7,10,12-13,15H,1-5,8-9,11,20H2,(H,21,22,24);2*1H. The average molecular weight is 438 g/mol. The Morgan fingerprint density at radius 1 is 1.15 bits per heavy atom. The molecule has 1 aliphatic carbocycles. The summed E-state index contributed by atoms with van der Waals surface area (Å²) >= 11 is 5.81. The summed E-state index contributed by atoms with van der Waals surface area (Å²) in [5.74, 6) is 0.372. The average Bonchev–Trinajstić information content (AvgIpc) is 2.63. The SMILES string of the molecule is Cl.Cl.NC1CCCC(C(=O)N2CCCC(C(=O)Nc3ccc(Cl)cn3)C2)C1. The molecule has 27 heavy (non-hydrogen) atoms. The molecular weight excluding hydrogens is 411 g/mol. The summed E-state index contributed by atoms with van der Waals surface area (Å²) in [5, 5.41) is 3.34. The first-order valence-corrected chi connectivity index (χ1v) is 9.37. The van der Waals surface area contributed by atoms with Crippen LogP contribution in [-0.2, 0) is 9.59 Å². The number of hydrogen-bond acceptors (Lipinski definition) is 4. The van der Waals surface area contributed by atoms with Crippen molar-refractivity contribution in [2.75, 3.05) is 18.4 Å². The zero-order chi connectivity index (χ0) is 17.8. The van der Waals surface area contributed by atoms with Gasteiger partial charge in [0.25, 0.3) is 0 Å². The van der Waals surface area contributed by atoms with Crippen molar-refractivity contribution in [3.63, 3.8) is 0 Å². The highest BCUT2D eigenvalue weighted by molar-refractivity contribution is 6.30. The van der Waals surface area contributed by atoms with Gasteiger partial charge in [-0.25, -0.2) is 4.98 Å². The number of hydrogen-bond donors (Lipinski definition) is 2. The molecule has 2 fully saturated rings. The summed E-state index contributed by atoms with van der Waals surface area (Å²) in [6, 6.07) is 3.49. The number of amides is 2. The Kier molecular flexibility index (Phi) is 9.81. The number of anilines is 1. The van der Waals surface area contributed by atoms with Crippen molar-refractivity contribution in [3.8, 4) is 0 Å². The maximum atomic E-state index is 12.8. The molecule has 1 saturated carbocycles. The fourth-order valence-corrected chi connectivity index (χ4v) is 3.89. The normalized spacial score (nSPS) is 25.0. The molecule has 0 radical (unpaired) electrons. The van der Waals surface area contributed by atoms with E-state index in [1.807, 2.05) is 4.90 Å². The summed E-state index contributed by atoms with van der Waals surface area (Å²) in [6.07, 6.45) is 6.82. The second-order valence-electron chi connectivity index (χ2n) is 7.10. The zero-order valence-corrected chi connectivity index (χ0v) is 17.5. The highest BCUT2D eigenvalue weighted by Gasteiger charge is 2.33. The number of piperidine rings is 1. The highest BCUT2D eigenvalue weighted by Crippen LogP contribution is 2.27. The number of nitrogens with one attached hydrogen (secondary N) is 1. The van der Waals surface area contributed by atoms with E-state index >= 15 is 0 Å². The number of nitrogens with zero attached hydrogens (tertiary/aromatic N) is 2. The van der Waals surface area contributed by atoms with Crippen LogP contribution in [0.2, 0.25) is 5.02 Å². The Morgan fingerprint density at radius 2 is 1.89 bits per heavy atom. The van der Waals surface area contributed by atoms with Crippen molar-refractivity contribution in [1.82, 2.24) is 9.88 Å². The Balaban J connectivity index is 0.00000182. The van der Waals surface area contributed by atoms with Gasteiger partial charge in [-0.2, -0.15) is 0 Å². The van der Waals surface area contributed by atoms with Crippen LogP contribution in [0.4, 0.5) is 5.82 Å². The molecule has 3 N–H and O–H groups in total. The smallest absolute Gasteiger partial charge is 0.230 e. The number of likely N-dealkylation sites (tertiary alicyclic amines) is 1. The number of carbonyl (C=O) groups is 2. The molecule has 152 valence electrons. The number of aromatic nitrogens is 1. The van der Waals surface area contributed by atoms with Gasteiger partial charge in [-0.3, -0.25) is 9.59 Å². The van der Waals surface area contributed by atoms with Crippen LogP contribution in [0.25, 0.3) is 0 Å². The quantitative estimate of drug-likeness (QED) is 0.759. The summed E-state index contributed by atoms with van der Waals surface area (Å²) in [5.41, 5.74) is 6.01. The van der Waals surface area contributed by atoms with Gasteiger partial charge < -0.3 is 16.0 Å². The Hall–Kier alpha value is -1.08. The van der Waals surface area contributed by atoms with Crippen molar-refractivity contribution in [2.24, 2.45) is 17.6 Å². The van der Waals surface area contributed by atoms with Gasteiger partial charge in [-0.15, -0.1) is 24.8 Å². The van der Waals surface area contributed by atoms with Gasteiger partial charge in [0.2, 0.25) is 11.8 Å². The molecule has 2 amide bonds. The van der Waals surface area contributed by atoms with E-state index in [4.69, 9.17) is 17.3 Å². The molecule has 0 spiro atoms. The van der Waals surface area contributed by atoms with E-state index in [1.165, 1.54) is 6.20 Å². The summed E-state index contributed by atoms with van der Waals surface area (Å²) in [7, 11) is 0. The van der Waals surface area contributed by atoms with Gasteiger partial charge in [-0.1, -0.05) is 18.0 Å². The maximum Gasteiger partial charge on any atom is 0.230 e. The van der Waals surface area contributed by atoms with Crippen LogP contribution < -0.4 is 11.1 Å². The lowest BCUT2D eigenvalue weighted by Crippen LogP contribution is -2.47. The first kappa shape index (κ1) is 24.0. The van der Waals surface area contributed by atoms with Crippen molar-refractivity contribution >= 4 is 54.0 Å². The number of pyridine rings is 1. The van der Waals surface area contributed by atoms with Crippen LogP contribution in [0.3, 0.4) is 0 Å². The number of halogens is 3. The summed E-state index contributed by atoms with van der Waals surface area (Å²) in [4.78, 5) is 31.2. The van der Waals surface area contributed by atoms with Gasteiger partial charge in [0.1, 0.15) is 5.82 Å². The lowest BCUT2D eigenvalue weighted by atomic mass is 9.84. The molecule has 9 heteroatoms. The number of carbonyl (C=O) groups excluding carboxylic acids is 2. The minimum atomic E-state index is -0.201. The van der Waals surface area contributed by atoms with Gasteiger partial charge in [0.15, 0.2) is 0 Å². The third kappa shape index (κ3) is 6.49. The molecule has 6 nitrogen and oxygen atoms in total. The van der Waals surface area contributed by atoms with Crippen LogP contribution in [0.1, 0.15) is 38.5 Å². The molecule has 0 bridgehead atoms. The predicted molar refractivity (Wildman–Crippen MR) is 112 cm³/mol. The van der Waals surface area contributed by atoms with Crippen molar-refractivity contribution in [2.45, 2.75) is 44.6 Å². The van der Waals surface area contributed by atoms with Gasteiger partial charge >= 0.3 is 0 Å². The van der Waals surface area contributed by atoms with E-state index in [0.29, 0.717) is 17.4 Å². The molecule has 1 aromatic rings. The van der Waals surface area contributed by atoms with E-state index < -0.39 is 0 Å². The van der Waals surface area contributed by atoms with E-state index in [9.17, 15) is 9.59 Å². The van der Waals surface area contributed by atoms with Crippen molar-refractivity contribution in [3.05, 3.63) is 23.4 Å². The highest BCUT2D eigenvalue weighted by atomic mass is 35.5. The molecule has 1 aliphatic heterocycles. The first-order valence-electron chi connectivity index (χ1n) is 8.99. The molecule has 2 aliphatic rings. The minimum absolute atomic E-state index is 0. The second-order valence-corrected chi connectivity index (χ2v) is 7.53. The monoisotopic (exact) mass is 436 g/mol. The molecule has 2 heterocycles. The van der Waals surface area contributed by atoms with Crippen molar-refractivity contribution < 1.29 is 9.59 Å². The zero-order valence-electron chi connectivity index (χ0n) is 15.1. The van der Waals surface area contributed by atoms with Crippen LogP contribution in [0.15, 0.2) is 18.3 Å². The van der Waals surface area contributed by atoms with Crippen molar-refractivity contribution in [1.29, 1.82) is 0 Å². The van der Waals surface area contributed by atoms with Gasteiger partial charge in [0.05, 0.1) is 10.9 Å². The summed E-state index contributed by atoms with van der Waals surface area (Å²) in [6.45, 7) is 1.21. The Morgan fingerprint density at radius 3 is 2.56 bits per heavy atom. The molecule has 3 rings (SSSR count). The maximum absolute atomic E-state index is 12.8. The third-order valence-electron chi connectivity index (χ3n) is 5.15. The fraction of sp³-hybridized carbons (Fsp3) is 0.611. The molecule has 3 atom stereocenters. The van der Waals surface area contributed by atoms with E-state index in [1.54, 1.807) is 12.1 Å². The second kappa shape index (κ2) is 11.1. The Bertz CT molecular complexity index is 630. The van der Waals surface area contributed by atoms with Gasteiger partial charge in [-0.05, 0) is 44.2 Å². The van der Waals surface area contributed by atoms with Crippen LogP contribution in [-0.4, -0.2) is 40.8 Å².